The minimum Gasteiger partial charge on any atom is -0.493 e. The molecule has 1 heterocycles. The SMILES string of the molecule is O=C1C=CCCN1C(=O)/C=C/c1cccc(OCC2CCCCC2)c1. The second-order valence-corrected chi connectivity index (χ2v) is 6.74. The summed E-state index contributed by atoms with van der Waals surface area (Å²) >= 11 is 0. The van der Waals surface area contributed by atoms with Crippen LogP contribution >= 0.6 is 0 Å². The lowest BCUT2D eigenvalue weighted by Gasteiger charge is -2.21. The van der Waals surface area contributed by atoms with Gasteiger partial charge in [-0.15, -0.1) is 0 Å². The standard InChI is InChI=1S/C21H25NO3/c23-20-11-4-5-14-22(20)21(24)13-12-17-9-6-10-19(15-17)25-16-18-7-2-1-3-8-18/h4,6,9-13,15,18H,1-3,5,7-8,14,16H2/b13-12+. The molecule has 1 fully saturated rings. The number of benzene rings is 1. The maximum absolute atomic E-state index is 12.2. The van der Waals surface area contributed by atoms with E-state index in [2.05, 4.69) is 0 Å². The Kier molecular flexibility index (Phi) is 6.04. The van der Waals surface area contributed by atoms with E-state index in [0.717, 1.165) is 24.3 Å². The third-order valence-electron chi connectivity index (χ3n) is 4.80. The lowest BCUT2D eigenvalue weighted by Crippen LogP contribution is -2.37. The van der Waals surface area contributed by atoms with Crippen molar-refractivity contribution in [3.8, 4) is 5.75 Å². The van der Waals surface area contributed by atoms with Crippen molar-refractivity contribution in [1.82, 2.24) is 4.90 Å². The first-order chi connectivity index (χ1) is 12.2. The molecule has 0 saturated heterocycles. The summed E-state index contributed by atoms with van der Waals surface area (Å²) in [6.07, 6.45) is 13.6. The van der Waals surface area contributed by atoms with Crippen molar-refractivity contribution >= 4 is 17.9 Å². The van der Waals surface area contributed by atoms with E-state index >= 15 is 0 Å². The minimum absolute atomic E-state index is 0.245. The van der Waals surface area contributed by atoms with Crippen LogP contribution < -0.4 is 4.74 Å². The molecule has 1 aliphatic carbocycles. The van der Waals surface area contributed by atoms with Crippen LogP contribution in [0.2, 0.25) is 0 Å². The molecule has 1 aromatic rings. The second-order valence-electron chi connectivity index (χ2n) is 6.74. The monoisotopic (exact) mass is 339 g/mol. The van der Waals surface area contributed by atoms with E-state index in [0.29, 0.717) is 12.5 Å². The average Bonchev–Trinajstić information content (AvgIpc) is 2.66. The van der Waals surface area contributed by atoms with Gasteiger partial charge in [-0.1, -0.05) is 37.5 Å². The first-order valence-electron chi connectivity index (χ1n) is 9.15. The van der Waals surface area contributed by atoms with E-state index in [-0.39, 0.29) is 11.8 Å². The zero-order valence-corrected chi connectivity index (χ0v) is 14.5. The maximum atomic E-state index is 12.2. The molecule has 1 saturated carbocycles. The summed E-state index contributed by atoms with van der Waals surface area (Å²) in [5, 5.41) is 0. The quantitative estimate of drug-likeness (QED) is 0.763. The van der Waals surface area contributed by atoms with E-state index in [1.54, 1.807) is 12.2 Å². The molecule has 0 unspecified atom stereocenters. The Bertz CT molecular complexity index is 671. The van der Waals surface area contributed by atoms with Gasteiger partial charge in [-0.2, -0.15) is 0 Å². The van der Waals surface area contributed by atoms with Gasteiger partial charge in [0, 0.05) is 12.6 Å². The molecule has 2 aliphatic rings. The number of hydrogen-bond acceptors (Lipinski definition) is 3. The Morgan fingerprint density at radius 3 is 2.88 bits per heavy atom. The molecule has 132 valence electrons. The Morgan fingerprint density at radius 2 is 2.08 bits per heavy atom. The van der Waals surface area contributed by atoms with Gasteiger partial charge in [0.1, 0.15) is 5.75 Å². The van der Waals surface area contributed by atoms with Crippen molar-refractivity contribution in [1.29, 1.82) is 0 Å². The molecule has 3 rings (SSSR count). The van der Waals surface area contributed by atoms with E-state index in [9.17, 15) is 9.59 Å². The van der Waals surface area contributed by atoms with Crippen molar-refractivity contribution in [2.75, 3.05) is 13.2 Å². The lowest BCUT2D eigenvalue weighted by molar-refractivity contribution is -0.139. The Labute approximate surface area is 149 Å². The minimum atomic E-state index is -0.275. The zero-order chi connectivity index (χ0) is 17.5. The van der Waals surface area contributed by atoms with Crippen LogP contribution in [0.1, 0.15) is 44.1 Å². The van der Waals surface area contributed by atoms with Crippen LogP contribution in [-0.2, 0) is 9.59 Å². The van der Waals surface area contributed by atoms with E-state index < -0.39 is 0 Å². The number of rotatable bonds is 5. The van der Waals surface area contributed by atoms with Crippen LogP contribution in [0, 0.1) is 5.92 Å². The number of ether oxygens (including phenoxy) is 1. The molecule has 2 amide bonds. The van der Waals surface area contributed by atoms with Gasteiger partial charge in [-0.25, -0.2) is 0 Å². The zero-order valence-electron chi connectivity index (χ0n) is 14.5. The van der Waals surface area contributed by atoms with Gasteiger partial charge >= 0.3 is 0 Å². The average molecular weight is 339 g/mol. The lowest BCUT2D eigenvalue weighted by atomic mass is 9.90. The van der Waals surface area contributed by atoms with Gasteiger partial charge in [0.25, 0.3) is 11.8 Å². The highest BCUT2D eigenvalue weighted by Crippen LogP contribution is 2.25. The molecule has 4 nitrogen and oxygen atoms in total. The van der Waals surface area contributed by atoms with E-state index in [1.807, 2.05) is 24.3 Å². The molecule has 0 radical (unpaired) electrons. The summed E-state index contributed by atoms with van der Waals surface area (Å²) in [4.78, 5) is 25.1. The second kappa shape index (κ2) is 8.65. The van der Waals surface area contributed by atoms with Gasteiger partial charge in [-0.05, 0) is 55.0 Å². The first-order valence-corrected chi connectivity index (χ1v) is 9.15. The Morgan fingerprint density at radius 1 is 1.24 bits per heavy atom. The molecule has 1 aliphatic heterocycles. The van der Waals surface area contributed by atoms with E-state index in [1.165, 1.54) is 49.2 Å². The van der Waals surface area contributed by atoms with Gasteiger partial charge in [0.2, 0.25) is 0 Å². The predicted molar refractivity (Wildman–Crippen MR) is 98.0 cm³/mol. The van der Waals surface area contributed by atoms with Crippen molar-refractivity contribution in [2.24, 2.45) is 5.92 Å². The van der Waals surface area contributed by atoms with Crippen molar-refractivity contribution in [3.63, 3.8) is 0 Å². The number of hydrogen-bond donors (Lipinski definition) is 0. The highest BCUT2D eigenvalue weighted by Gasteiger charge is 2.18. The highest BCUT2D eigenvalue weighted by molar-refractivity contribution is 6.06. The number of imide groups is 1. The summed E-state index contributed by atoms with van der Waals surface area (Å²) in [6, 6.07) is 7.73. The third-order valence-corrected chi connectivity index (χ3v) is 4.80. The van der Waals surface area contributed by atoms with Crippen LogP contribution in [0.5, 0.6) is 5.75 Å². The number of nitrogens with zero attached hydrogens (tertiary/aromatic N) is 1. The first kappa shape index (κ1) is 17.5. The highest BCUT2D eigenvalue weighted by atomic mass is 16.5. The molecule has 1 aromatic carbocycles. The number of carbonyl (C=O) groups excluding carboxylic acids is 2. The predicted octanol–water partition coefficient (Wildman–Crippen LogP) is 3.97. The van der Waals surface area contributed by atoms with Crippen LogP contribution in [0.15, 0.2) is 42.5 Å². The maximum Gasteiger partial charge on any atom is 0.253 e. The summed E-state index contributed by atoms with van der Waals surface area (Å²) in [5.74, 6) is 0.971. The van der Waals surface area contributed by atoms with E-state index in [4.69, 9.17) is 4.74 Å². The van der Waals surface area contributed by atoms with Gasteiger partial charge in [0.05, 0.1) is 6.61 Å². The number of carbonyl (C=O) groups is 2. The Hall–Kier alpha value is -2.36. The third kappa shape index (κ3) is 5.05. The molecule has 25 heavy (non-hydrogen) atoms. The van der Waals surface area contributed by atoms with Crippen molar-refractivity contribution < 1.29 is 14.3 Å². The fourth-order valence-electron chi connectivity index (χ4n) is 3.34. The molecule has 0 aromatic heterocycles. The largest absolute Gasteiger partial charge is 0.493 e. The molecule has 0 bridgehead atoms. The summed E-state index contributed by atoms with van der Waals surface area (Å²) in [5.41, 5.74) is 0.898. The van der Waals surface area contributed by atoms with Crippen molar-refractivity contribution in [3.05, 3.63) is 48.1 Å². The molecular formula is C21H25NO3. The summed E-state index contributed by atoms with van der Waals surface area (Å²) in [7, 11) is 0. The van der Waals surface area contributed by atoms with Crippen LogP contribution in [0.4, 0.5) is 0 Å². The van der Waals surface area contributed by atoms with Crippen LogP contribution in [0.3, 0.4) is 0 Å². The summed E-state index contributed by atoms with van der Waals surface area (Å²) in [6.45, 7) is 1.21. The van der Waals surface area contributed by atoms with Crippen LogP contribution in [-0.4, -0.2) is 29.9 Å². The normalized spacial score (nSPS) is 18.7. The topological polar surface area (TPSA) is 46.6 Å². The molecule has 0 spiro atoms. The summed E-state index contributed by atoms with van der Waals surface area (Å²) < 4.78 is 5.93. The van der Waals surface area contributed by atoms with Gasteiger partial charge < -0.3 is 4.74 Å². The fraction of sp³-hybridized carbons (Fsp3) is 0.429. The molecule has 0 N–H and O–H groups in total. The van der Waals surface area contributed by atoms with Gasteiger partial charge in [0.15, 0.2) is 0 Å². The van der Waals surface area contributed by atoms with Crippen molar-refractivity contribution in [2.45, 2.75) is 38.5 Å². The number of amides is 2. The Balaban J connectivity index is 1.56. The van der Waals surface area contributed by atoms with Gasteiger partial charge in [-0.3, -0.25) is 14.5 Å². The smallest absolute Gasteiger partial charge is 0.253 e. The molecule has 0 atom stereocenters. The molecular weight excluding hydrogens is 314 g/mol. The van der Waals surface area contributed by atoms with Crippen LogP contribution in [0.25, 0.3) is 6.08 Å². The molecule has 4 heteroatoms. The fourth-order valence-corrected chi connectivity index (χ4v) is 3.34.